The van der Waals surface area contributed by atoms with Crippen LogP contribution in [0.15, 0.2) is 45.8 Å². The predicted molar refractivity (Wildman–Crippen MR) is 157 cm³/mol. The zero-order valence-corrected chi connectivity index (χ0v) is 26.7. The number of furan rings is 1. The molecular weight excluding hydrogens is 568 g/mol. The van der Waals surface area contributed by atoms with E-state index < -0.39 is 70.4 Å². The quantitative estimate of drug-likeness (QED) is 0.154. The second-order valence-electron chi connectivity index (χ2n) is 13.6. The van der Waals surface area contributed by atoms with Crippen LogP contribution in [-0.2, 0) is 38.1 Å². The minimum absolute atomic E-state index is 0.0161. The minimum Gasteiger partial charge on any atom is -0.472 e. The highest BCUT2D eigenvalue weighted by molar-refractivity contribution is 5.87. The van der Waals surface area contributed by atoms with Gasteiger partial charge in [0.2, 0.25) is 0 Å². The first kappa shape index (κ1) is 32.2. The van der Waals surface area contributed by atoms with E-state index in [0.717, 1.165) is 16.7 Å². The molecule has 3 fully saturated rings. The SMILES string of the molecule is C/C=C(\C)C(=O)OC1CC(O)C(C)(C=O)C2C(OC(C)=O)C3OC4CC(c5ccoc5)C(C)=C4C3(C)C(CC(=O)OC)C12C. The van der Waals surface area contributed by atoms with E-state index in [9.17, 15) is 24.3 Å². The Morgan fingerprint density at radius 1 is 1.14 bits per heavy atom. The molecule has 0 aromatic carbocycles. The third-order valence-corrected chi connectivity index (χ3v) is 11.6. The summed E-state index contributed by atoms with van der Waals surface area (Å²) in [5, 5.41) is 11.5. The predicted octanol–water partition coefficient (Wildman–Crippen LogP) is 4.45. The van der Waals surface area contributed by atoms with E-state index in [4.69, 9.17) is 23.4 Å². The Labute approximate surface area is 258 Å². The van der Waals surface area contributed by atoms with E-state index in [0.29, 0.717) is 18.3 Å². The van der Waals surface area contributed by atoms with Gasteiger partial charge in [-0.2, -0.15) is 0 Å². The van der Waals surface area contributed by atoms with E-state index in [1.54, 1.807) is 39.4 Å². The summed E-state index contributed by atoms with van der Waals surface area (Å²) in [4.78, 5) is 52.3. The lowest BCUT2D eigenvalue weighted by Gasteiger charge is -2.66. The maximum Gasteiger partial charge on any atom is 0.333 e. The first-order valence-electron chi connectivity index (χ1n) is 15.3. The fourth-order valence-electron chi connectivity index (χ4n) is 9.41. The van der Waals surface area contributed by atoms with Crippen molar-refractivity contribution < 1.29 is 47.6 Å². The molecule has 240 valence electrons. The van der Waals surface area contributed by atoms with Gasteiger partial charge in [0.25, 0.3) is 0 Å². The zero-order valence-electron chi connectivity index (χ0n) is 26.7. The number of esters is 3. The van der Waals surface area contributed by atoms with Crippen molar-refractivity contribution in [1.82, 2.24) is 0 Å². The lowest BCUT2D eigenvalue weighted by molar-refractivity contribution is -0.279. The topological polar surface area (TPSA) is 139 Å². The van der Waals surface area contributed by atoms with Gasteiger partial charge in [0, 0.05) is 48.0 Å². The number of fused-ring (bicyclic) bond motifs is 4. The van der Waals surface area contributed by atoms with Crippen LogP contribution in [0.25, 0.3) is 0 Å². The number of ether oxygens (including phenoxy) is 4. The van der Waals surface area contributed by atoms with Crippen molar-refractivity contribution in [1.29, 1.82) is 0 Å². The van der Waals surface area contributed by atoms with Gasteiger partial charge in [0.15, 0.2) is 0 Å². The van der Waals surface area contributed by atoms with Crippen LogP contribution in [0.1, 0.15) is 79.2 Å². The molecule has 1 saturated heterocycles. The molecule has 0 spiro atoms. The Balaban J connectivity index is 1.79. The largest absolute Gasteiger partial charge is 0.472 e. The molecule has 2 heterocycles. The highest BCUT2D eigenvalue weighted by Gasteiger charge is 2.76. The van der Waals surface area contributed by atoms with Crippen molar-refractivity contribution in [2.24, 2.45) is 28.1 Å². The molecule has 1 aliphatic heterocycles. The summed E-state index contributed by atoms with van der Waals surface area (Å²) in [6, 6.07) is 1.93. The standard InChI is InChI=1S/C34H44O10/c1-9-17(2)31(39)44-25-14-24(37)32(5,16-35)29-28(42-19(4)36)30-34(7,23(33(25,29)6)13-26(38)40-8)27-18(3)21(12-22(27)43-30)20-10-11-41-15-20/h9-11,15-16,21-25,28-30,37H,12-14H2,1-8H3/b17-9+. The van der Waals surface area contributed by atoms with Crippen LogP contribution in [0.4, 0.5) is 0 Å². The lowest BCUT2D eigenvalue weighted by Crippen LogP contribution is -2.73. The van der Waals surface area contributed by atoms with E-state index >= 15 is 0 Å². The third-order valence-electron chi connectivity index (χ3n) is 11.6. The van der Waals surface area contributed by atoms with Gasteiger partial charge in [-0.15, -0.1) is 0 Å². The summed E-state index contributed by atoms with van der Waals surface area (Å²) in [5.74, 6) is -3.06. The number of aliphatic hydroxyl groups is 1. The number of methoxy groups -OCH3 is 1. The molecule has 10 nitrogen and oxygen atoms in total. The summed E-state index contributed by atoms with van der Waals surface area (Å²) in [6.45, 7) is 12.3. The van der Waals surface area contributed by atoms with Gasteiger partial charge in [-0.25, -0.2) is 4.79 Å². The zero-order chi connectivity index (χ0) is 32.4. The molecule has 11 unspecified atom stereocenters. The number of aldehydes is 1. The molecule has 11 atom stereocenters. The molecule has 0 amide bonds. The van der Waals surface area contributed by atoms with Gasteiger partial charge in [-0.1, -0.05) is 25.5 Å². The average molecular weight is 613 g/mol. The molecule has 5 rings (SSSR count). The van der Waals surface area contributed by atoms with Crippen LogP contribution in [0.3, 0.4) is 0 Å². The Kier molecular flexibility index (Phi) is 8.25. The molecule has 4 aliphatic rings. The smallest absolute Gasteiger partial charge is 0.333 e. The van der Waals surface area contributed by atoms with Crippen molar-refractivity contribution in [3.63, 3.8) is 0 Å². The Hall–Kier alpha value is -3.24. The minimum atomic E-state index is -1.42. The van der Waals surface area contributed by atoms with Crippen molar-refractivity contribution >= 4 is 24.2 Å². The van der Waals surface area contributed by atoms with Crippen molar-refractivity contribution in [3.8, 4) is 0 Å². The number of carbonyl (C=O) groups is 4. The van der Waals surface area contributed by atoms with Crippen molar-refractivity contribution in [2.45, 2.75) is 104 Å². The van der Waals surface area contributed by atoms with Gasteiger partial charge in [-0.05, 0) is 57.2 Å². The Bertz CT molecular complexity index is 1390. The molecular formula is C34H44O10. The Morgan fingerprint density at radius 3 is 2.41 bits per heavy atom. The molecule has 0 bridgehead atoms. The van der Waals surface area contributed by atoms with Gasteiger partial charge < -0.3 is 33.3 Å². The maximum atomic E-state index is 13.3. The van der Waals surface area contributed by atoms with Gasteiger partial charge >= 0.3 is 17.9 Å². The van der Waals surface area contributed by atoms with Crippen LogP contribution in [-0.4, -0.2) is 66.9 Å². The highest BCUT2D eigenvalue weighted by atomic mass is 16.6. The van der Waals surface area contributed by atoms with E-state index in [1.165, 1.54) is 14.0 Å². The number of aliphatic hydroxyl groups excluding tert-OH is 1. The molecule has 44 heavy (non-hydrogen) atoms. The lowest BCUT2D eigenvalue weighted by atomic mass is 9.39. The number of rotatable bonds is 7. The first-order chi connectivity index (χ1) is 20.7. The molecule has 2 saturated carbocycles. The van der Waals surface area contributed by atoms with Gasteiger partial charge in [0.05, 0.1) is 37.3 Å². The highest BCUT2D eigenvalue weighted by Crippen LogP contribution is 2.72. The summed E-state index contributed by atoms with van der Waals surface area (Å²) in [6.07, 6.45) is 1.94. The summed E-state index contributed by atoms with van der Waals surface area (Å²) in [7, 11) is 1.32. The summed E-state index contributed by atoms with van der Waals surface area (Å²) < 4.78 is 29.8. The number of allylic oxidation sites excluding steroid dienone is 2. The second kappa shape index (κ2) is 11.3. The van der Waals surface area contributed by atoms with Crippen LogP contribution in [0.2, 0.25) is 0 Å². The fraction of sp³-hybridized carbons (Fsp3) is 0.647. The maximum absolute atomic E-state index is 13.3. The molecule has 1 N–H and O–H groups in total. The number of hydrogen-bond acceptors (Lipinski definition) is 10. The number of hydrogen-bond donors (Lipinski definition) is 1. The summed E-state index contributed by atoms with van der Waals surface area (Å²) in [5.41, 5.74) is -0.00747. The number of carbonyl (C=O) groups excluding carboxylic acids is 4. The van der Waals surface area contributed by atoms with Crippen LogP contribution in [0.5, 0.6) is 0 Å². The van der Waals surface area contributed by atoms with Crippen molar-refractivity contribution in [2.75, 3.05) is 7.11 Å². The molecule has 0 radical (unpaired) electrons. The van der Waals surface area contributed by atoms with Crippen LogP contribution in [0, 0.1) is 28.1 Å². The monoisotopic (exact) mass is 612 g/mol. The van der Waals surface area contributed by atoms with E-state index in [2.05, 4.69) is 6.92 Å². The third kappa shape index (κ3) is 4.50. The van der Waals surface area contributed by atoms with Crippen molar-refractivity contribution in [3.05, 3.63) is 47.0 Å². The molecule has 1 aromatic heterocycles. The Morgan fingerprint density at radius 2 is 1.84 bits per heavy atom. The van der Waals surface area contributed by atoms with Crippen LogP contribution < -0.4 is 0 Å². The van der Waals surface area contributed by atoms with Crippen LogP contribution >= 0.6 is 0 Å². The van der Waals surface area contributed by atoms with E-state index in [-0.39, 0.29) is 24.9 Å². The fourth-order valence-corrected chi connectivity index (χ4v) is 9.41. The average Bonchev–Trinajstić information content (AvgIpc) is 3.69. The van der Waals surface area contributed by atoms with E-state index in [1.807, 2.05) is 19.9 Å². The first-order valence-corrected chi connectivity index (χ1v) is 15.3. The molecule has 10 heteroatoms. The summed E-state index contributed by atoms with van der Waals surface area (Å²) >= 11 is 0. The molecule has 3 aliphatic carbocycles. The second-order valence-corrected chi connectivity index (χ2v) is 13.6. The van der Waals surface area contributed by atoms with Gasteiger partial charge in [0.1, 0.15) is 24.6 Å². The molecule has 1 aromatic rings. The normalized spacial score (nSPS) is 41.3. The van der Waals surface area contributed by atoms with Gasteiger partial charge in [-0.3, -0.25) is 9.59 Å².